The fraction of sp³-hybridized carbons (Fsp3) is 0.400. The molecule has 1 saturated heterocycles. The van der Waals surface area contributed by atoms with Crippen LogP contribution in [0.1, 0.15) is 17.7 Å². The van der Waals surface area contributed by atoms with E-state index in [2.05, 4.69) is 25.3 Å². The van der Waals surface area contributed by atoms with Gasteiger partial charge in [-0.3, -0.25) is 4.98 Å². The molecule has 35 heavy (non-hydrogen) atoms. The predicted octanol–water partition coefficient (Wildman–Crippen LogP) is 3.49. The highest BCUT2D eigenvalue weighted by molar-refractivity contribution is 7.88. The number of hydrogen-bond donors (Lipinski definition) is 1. The van der Waals surface area contributed by atoms with Crippen LogP contribution in [0.4, 0.5) is 23.5 Å². The van der Waals surface area contributed by atoms with Crippen LogP contribution in [0.25, 0.3) is 17.1 Å². The minimum absolute atomic E-state index is 0.0565. The lowest BCUT2D eigenvalue weighted by Gasteiger charge is -2.33. The smallest absolute Gasteiger partial charge is 0.348 e. The topological polar surface area (TPSA) is 106 Å². The molecule has 15 heteroatoms. The summed E-state index contributed by atoms with van der Waals surface area (Å²) in [5, 5.41) is 3.01. The Morgan fingerprint density at radius 2 is 1.97 bits per heavy atom. The van der Waals surface area contributed by atoms with Crippen LogP contribution >= 0.6 is 11.6 Å². The van der Waals surface area contributed by atoms with Gasteiger partial charge in [0.1, 0.15) is 29.5 Å². The Hall–Kier alpha value is -2.84. The van der Waals surface area contributed by atoms with Crippen LogP contribution in [0.5, 0.6) is 0 Å². The summed E-state index contributed by atoms with van der Waals surface area (Å²) >= 11 is 6.27. The average Bonchev–Trinajstić information content (AvgIpc) is 3.25. The Balaban J connectivity index is 1.65. The SMILES string of the molecule is Cc1nccc(-n2cnc(-c3nc(N[C@H]4CCN(S(C)(=O)=O)C[C@H]4F)ncc3C(F)(F)F)c2)c1Cl. The van der Waals surface area contributed by atoms with Crippen molar-refractivity contribution in [1.82, 2.24) is 28.8 Å². The number of pyridine rings is 1. The van der Waals surface area contributed by atoms with E-state index in [1.54, 1.807) is 13.0 Å². The van der Waals surface area contributed by atoms with E-state index in [0.29, 0.717) is 22.6 Å². The molecule has 1 aliphatic heterocycles. The first-order valence-corrected chi connectivity index (χ1v) is 12.5. The van der Waals surface area contributed by atoms with Gasteiger partial charge < -0.3 is 9.88 Å². The molecule has 0 radical (unpaired) electrons. The molecule has 1 fully saturated rings. The van der Waals surface area contributed by atoms with E-state index < -0.39 is 39.7 Å². The minimum atomic E-state index is -4.77. The molecule has 2 atom stereocenters. The third kappa shape index (κ3) is 5.38. The molecule has 0 unspecified atom stereocenters. The Morgan fingerprint density at radius 1 is 1.23 bits per heavy atom. The Bertz CT molecular complexity index is 1350. The number of hydrogen-bond acceptors (Lipinski definition) is 7. The molecule has 4 heterocycles. The maximum atomic E-state index is 14.6. The molecule has 0 aliphatic carbocycles. The van der Waals surface area contributed by atoms with Gasteiger partial charge in [0.15, 0.2) is 0 Å². The first-order valence-electron chi connectivity index (χ1n) is 10.3. The van der Waals surface area contributed by atoms with Gasteiger partial charge in [-0.25, -0.2) is 27.8 Å². The summed E-state index contributed by atoms with van der Waals surface area (Å²) in [5.41, 5.74) is -0.714. The van der Waals surface area contributed by atoms with Crippen LogP contribution in [0, 0.1) is 6.92 Å². The quantitative estimate of drug-likeness (QED) is 0.500. The number of halogens is 5. The van der Waals surface area contributed by atoms with Crippen molar-refractivity contribution in [1.29, 1.82) is 0 Å². The second-order valence-corrected chi connectivity index (χ2v) is 10.4. The van der Waals surface area contributed by atoms with Crippen molar-refractivity contribution in [3.8, 4) is 17.1 Å². The van der Waals surface area contributed by atoms with Gasteiger partial charge in [0, 0.05) is 31.7 Å². The maximum Gasteiger partial charge on any atom is 0.420 e. The highest BCUT2D eigenvalue weighted by atomic mass is 35.5. The summed E-state index contributed by atoms with van der Waals surface area (Å²) in [6.45, 7) is 1.37. The molecule has 4 rings (SSSR count). The van der Waals surface area contributed by atoms with E-state index in [1.165, 1.54) is 23.3 Å². The Morgan fingerprint density at radius 3 is 2.63 bits per heavy atom. The standard InChI is InChI=1S/C20H20ClF4N7O2S/c1-11-17(21)16(3-5-26-11)31-9-15(28-10-31)18-12(20(23,24)25)7-27-19(30-18)29-14-4-6-32(8-13(14)22)35(2,33)34/h3,5,7,9-10,13-14H,4,6,8H2,1-2H3,(H,27,29,30)/t13-,14+/m1/s1. The number of sulfonamides is 1. The van der Waals surface area contributed by atoms with Crippen LogP contribution in [0.2, 0.25) is 5.02 Å². The molecule has 1 aliphatic rings. The molecule has 0 amide bonds. The molecule has 0 saturated carbocycles. The monoisotopic (exact) mass is 533 g/mol. The van der Waals surface area contributed by atoms with Crippen LogP contribution in [-0.2, 0) is 16.2 Å². The Labute approximate surface area is 203 Å². The number of anilines is 1. The fourth-order valence-electron chi connectivity index (χ4n) is 3.67. The van der Waals surface area contributed by atoms with E-state index in [9.17, 15) is 26.0 Å². The number of nitrogens with one attached hydrogen (secondary N) is 1. The van der Waals surface area contributed by atoms with E-state index in [-0.39, 0.29) is 31.2 Å². The average molecular weight is 534 g/mol. The lowest BCUT2D eigenvalue weighted by molar-refractivity contribution is -0.137. The predicted molar refractivity (Wildman–Crippen MR) is 120 cm³/mol. The van der Waals surface area contributed by atoms with Crippen LogP contribution < -0.4 is 5.32 Å². The van der Waals surface area contributed by atoms with Gasteiger partial charge in [-0.05, 0) is 19.4 Å². The van der Waals surface area contributed by atoms with Gasteiger partial charge in [-0.1, -0.05) is 11.6 Å². The van der Waals surface area contributed by atoms with Crippen molar-refractivity contribution >= 4 is 27.6 Å². The summed E-state index contributed by atoms with van der Waals surface area (Å²) in [6.07, 6.45) is -0.566. The normalized spacial score (nSPS) is 19.6. The number of aromatic nitrogens is 5. The van der Waals surface area contributed by atoms with Crippen LogP contribution in [0.3, 0.4) is 0 Å². The Kier molecular flexibility index (Phi) is 6.72. The lowest BCUT2D eigenvalue weighted by Crippen LogP contribution is -2.49. The van der Waals surface area contributed by atoms with Crippen molar-refractivity contribution in [2.75, 3.05) is 24.7 Å². The van der Waals surface area contributed by atoms with Crippen molar-refractivity contribution in [2.24, 2.45) is 0 Å². The zero-order valence-corrected chi connectivity index (χ0v) is 20.0. The van der Waals surface area contributed by atoms with E-state index in [4.69, 9.17) is 11.6 Å². The zero-order valence-electron chi connectivity index (χ0n) is 18.5. The number of aryl methyl sites for hydroxylation is 1. The molecule has 3 aromatic rings. The van der Waals surface area contributed by atoms with Gasteiger partial charge in [0.25, 0.3) is 0 Å². The van der Waals surface area contributed by atoms with Crippen molar-refractivity contribution in [2.45, 2.75) is 31.7 Å². The third-order valence-electron chi connectivity index (χ3n) is 5.53. The van der Waals surface area contributed by atoms with Crippen LogP contribution in [-0.4, -0.2) is 68.8 Å². The first kappa shape index (κ1) is 25.3. The molecule has 0 bridgehead atoms. The number of rotatable bonds is 5. The lowest BCUT2D eigenvalue weighted by atomic mass is 10.1. The number of nitrogens with zero attached hydrogens (tertiary/aromatic N) is 6. The summed E-state index contributed by atoms with van der Waals surface area (Å²) in [6, 6.07) is 0.705. The number of alkyl halides is 4. The molecule has 0 aromatic carbocycles. The highest BCUT2D eigenvalue weighted by Gasteiger charge is 2.37. The molecule has 188 valence electrons. The number of piperidine rings is 1. The van der Waals surface area contributed by atoms with Gasteiger partial charge in [0.2, 0.25) is 16.0 Å². The molecule has 0 spiro atoms. The fourth-order valence-corrected chi connectivity index (χ4v) is 4.73. The second-order valence-electron chi connectivity index (χ2n) is 8.03. The molecular formula is C20H20ClF4N7O2S. The molecule has 1 N–H and O–H groups in total. The maximum absolute atomic E-state index is 14.6. The van der Waals surface area contributed by atoms with Crippen LogP contribution in [0.15, 0.2) is 31.0 Å². The van der Waals surface area contributed by atoms with Gasteiger partial charge >= 0.3 is 6.18 Å². The van der Waals surface area contributed by atoms with Crippen molar-refractivity contribution in [3.05, 3.63) is 47.3 Å². The second kappa shape index (κ2) is 9.32. The van der Waals surface area contributed by atoms with E-state index in [1.807, 2.05) is 0 Å². The molecule has 3 aromatic heterocycles. The minimum Gasteiger partial charge on any atom is -0.348 e. The highest BCUT2D eigenvalue weighted by Crippen LogP contribution is 2.36. The van der Waals surface area contributed by atoms with E-state index >= 15 is 0 Å². The van der Waals surface area contributed by atoms with E-state index in [0.717, 1.165) is 10.6 Å². The molecular weight excluding hydrogens is 514 g/mol. The van der Waals surface area contributed by atoms with Gasteiger partial charge in [-0.2, -0.15) is 17.5 Å². The molecule has 9 nitrogen and oxygen atoms in total. The van der Waals surface area contributed by atoms with Gasteiger partial charge in [0.05, 0.1) is 28.7 Å². The summed E-state index contributed by atoms with van der Waals surface area (Å²) in [7, 11) is -3.56. The summed E-state index contributed by atoms with van der Waals surface area (Å²) in [4.78, 5) is 15.8. The van der Waals surface area contributed by atoms with Gasteiger partial charge in [-0.15, -0.1) is 0 Å². The van der Waals surface area contributed by atoms with Crippen molar-refractivity contribution < 1.29 is 26.0 Å². The summed E-state index contributed by atoms with van der Waals surface area (Å²) in [5.74, 6) is -0.235. The number of imidazole rings is 1. The van der Waals surface area contributed by atoms with Crippen molar-refractivity contribution in [3.63, 3.8) is 0 Å². The zero-order chi connectivity index (χ0) is 25.5. The first-order chi connectivity index (χ1) is 16.3. The largest absolute Gasteiger partial charge is 0.420 e. The summed E-state index contributed by atoms with van der Waals surface area (Å²) < 4.78 is 81.5. The third-order valence-corrected chi connectivity index (χ3v) is 7.27.